The predicted molar refractivity (Wildman–Crippen MR) is 73.9 cm³/mol. The van der Waals surface area contributed by atoms with E-state index in [1.807, 2.05) is 19.1 Å². The summed E-state index contributed by atoms with van der Waals surface area (Å²) in [7, 11) is -3.09. The van der Waals surface area contributed by atoms with Crippen molar-refractivity contribution in [2.75, 3.05) is 36.8 Å². The molecule has 0 spiro atoms. The second kappa shape index (κ2) is 5.71. The Bertz CT molecular complexity index is 476. The third-order valence-corrected chi connectivity index (χ3v) is 5.09. The molecule has 1 fully saturated rings. The van der Waals surface area contributed by atoms with Gasteiger partial charge in [-0.25, -0.2) is 8.42 Å². The van der Waals surface area contributed by atoms with Gasteiger partial charge < -0.3 is 10.2 Å². The van der Waals surface area contributed by atoms with Gasteiger partial charge in [-0.3, -0.25) is 0 Å². The summed E-state index contributed by atoms with van der Waals surface area (Å²) in [6.45, 7) is 5.79. The van der Waals surface area contributed by atoms with E-state index in [0.29, 0.717) is 11.3 Å². The minimum Gasteiger partial charge on any atom is -0.369 e. The molecule has 0 aliphatic carbocycles. The summed E-state index contributed by atoms with van der Waals surface area (Å²) in [5, 5.41) is 3.30. The molecule has 1 aliphatic rings. The van der Waals surface area contributed by atoms with E-state index in [2.05, 4.69) is 10.2 Å². The number of nitrogens with one attached hydrogen (secondary N) is 1. The molecule has 18 heavy (non-hydrogen) atoms. The van der Waals surface area contributed by atoms with Gasteiger partial charge in [0.2, 0.25) is 0 Å². The highest BCUT2D eigenvalue weighted by atomic mass is 32.2. The number of sulfone groups is 1. The lowest BCUT2D eigenvalue weighted by Crippen LogP contribution is -2.43. The fourth-order valence-electron chi connectivity index (χ4n) is 2.17. The molecule has 0 saturated carbocycles. The summed E-state index contributed by atoms with van der Waals surface area (Å²) in [4.78, 5) is 2.70. The Morgan fingerprint density at radius 3 is 2.33 bits per heavy atom. The van der Waals surface area contributed by atoms with Gasteiger partial charge in [-0.1, -0.05) is 6.92 Å². The molecule has 1 heterocycles. The van der Waals surface area contributed by atoms with Crippen LogP contribution in [0.1, 0.15) is 13.3 Å². The Labute approximate surface area is 109 Å². The van der Waals surface area contributed by atoms with Crippen molar-refractivity contribution >= 4 is 15.5 Å². The van der Waals surface area contributed by atoms with Crippen molar-refractivity contribution in [3.63, 3.8) is 0 Å². The minimum absolute atomic E-state index is 0.222. The molecule has 0 unspecified atom stereocenters. The Hall–Kier alpha value is -1.07. The van der Waals surface area contributed by atoms with E-state index >= 15 is 0 Å². The molecule has 1 aliphatic heterocycles. The van der Waals surface area contributed by atoms with Gasteiger partial charge in [-0.15, -0.1) is 0 Å². The van der Waals surface area contributed by atoms with Crippen molar-refractivity contribution in [3.8, 4) is 0 Å². The molecule has 0 radical (unpaired) electrons. The molecule has 5 heteroatoms. The van der Waals surface area contributed by atoms with Crippen molar-refractivity contribution in [3.05, 3.63) is 24.3 Å². The molecule has 1 N–H and O–H groups in total. The molecule has 4 nitrogen and oxygen atoms in total. The first-order valence-corrected chi connectivity index (χ1v) is 8.07. The van der Waals surface area contributed by atoms with Crippen LogP contribution in [0.4, 0.5) is 5.69 Å². The van der Waals surface area contributed by atoms with Crippen LogP contribution in [0.3, 0.4) is 0 Å². The van der Waals surface area contributed by atoms with Gasteiger partial charge in [0.25, 0.3) is 0 Å². The molecular weight excluding hydrogens is 248 g/mol. The van der Waals surface area contributed by atoms with Crippen LogP contribution < -0.4 is 10.2 Å². The SMILES string of the molecule is CCCS(=O)(=O)c1ccc(N2CCNCC2)cc1. The maximum Gasteiger partial charge on any atom is 0.178 e. The zero-order valence-electron chi connectivity index (χ0n) is 10.7. The van der Waals surface area contributed by atoms with Crippen LogP contribution in [-0.4, -0.2) is 40.3 Å². The van der Waals surface area contributed by atoms with Crippen molar-refractivity contribution in [2.24, 2.45) is 0 Å². The molecule has 100 valence electrons. The van der Waals surface area contributed by atoms with Gasteiger partial charge in [0.1, 0.15) is 0 Å². The molecule has 1 aromatic rings. The number of hydrogen-bond donors (Lipinski definition) is 1. The fourth-order valence-corrected chi connectivity index (χ4v) is 3.50. The van der Waals surface area contributed by atoms with E-state index in [-0.39, 0.29) is 5.75 Å². The highest BCUT2D eigenvalue weighted by Crippen LogP contribution is 2.19. The maximum atomic E-state index is 11.9. The van der Waals surface area contributed by atoms with Crippen LogP contribution in [0.5, 0.6) is 0 Å². The van der Waals surface area contributed by atoms with Crippen molar-refractivity contribution in [1.82, 2.24) is 5.32 Å². The lowest BCUT2D eigenvalue weighted by atomic mass is 10.2. The minimum atomic E-state index is -3.09. The second-order valence-electron chi connectivity index (χ2n) is 4.55. The molecule has 0 bridgehead atoms. The van der Waals surface area contributed by atoms with E-state index < -0.39 is 9.84 Å². The number of benzene rings is 1. The summed E-state index contributed by atoms with van der Waals surface area (Å²) in [6, 6.07) is 7.27. The van der Waals surface area contributed by atoms with Gasteiger partial charge in [0.05, 0.1) is 10.6 Å². The summed E-state index contributed by atoms with van der Waals surface area (Å²) in [5.74, 6) is 0.222. The van der Waals surface area contributed by atoms with Crippen LogP contribution in [0.15, 0.2) is 29.2 Å². The number of anilines is 1. The van der Waals surface area contributed by atoms with Crippen LogP contribution in [0.25, 0.3) is 0 Å². The molecule has 0 amide bonds. The summed E-state index contributed by atoms with van der Waals surface area (Å²) < 4.78 is 23.8. The van der Waals surface area contributed by atoms with Crippen molar-refractivity contribution in [2.45, 2.75) is 18.2 Å². The standard InChI is InChI=1S/C13H20N2O2S/c1-2-11-18(16,17)13-5-3-12(4-6-13)15-9-7-14-8-10-15/h3-6,14H,2,7-11H2,1H3. The average molecular weight is 268 g/mol. The first kappa shape index (κ1) is 13.4. The summed E-state index contributed by atoms with van der Waals surface area (Å²) in [6.07, 6.45) is 0.655. The van der Waals surface area contributed by atoms with E-state index in [1.54, 1.807) is 12.1 Å². The zero-order valence-corrected chi connectivity index (χ0v) is 11.5. The average Bonchev–Trinajstić information content (AvgIpc) is 2.40. The smallest absolute Gasteiger partial charge is 0.178 e. The number of nitrogens with zero attached hydrogens (tertiary/aromatic N) is 1. The Morgan fingerprint density at radius 1 is 1.17 bits per heavy atom. The van der Waals surface area contributed by atoms with Crippen molar-refractivity contribution in [1.29, 1.82) is 0 Å². The first-order valence-electron chi connectivity index (χ1n) is 6.42. The van der Waals surface area contributed by atoms with E-state index in [9.17, 15) is 8.42 Å². The zero-order chi connectivity index (χ0) is 13.0. The number of hydrogen-bond acceptors (Lipinski definition) is 4. The second-order valence-corrected chi connectivity index (χ2v) is 6.66. The summed E-state index contributed by atoms with van der Waals surface area (Å²) in [5.41, 5.74) is 1.10. The normalized spacial score (nSPS) is 16.8. The lowest BCUT2D eigenvalue weighted by Gasteiger charge is -2.29. The van der Waals surface area contributed by atoms with Gasteiger partial charge in [0.15, 0.2) is 9.84 Å². The largest absolute Gasteiger partial charge is 0.369 e. The van der Waals surface area contributed by atoms with Gasteiger partial charge >= 0.3 is 0 Å². The van der Waals surface area contributed by atoms with Crippen LogP contribution in [0, 0.1) is 0 Å². The molecule has 0 aromatic heterocycles. The van der Waals surface area contributed by atoms with Crippen molar-refractivity contribution < 1.29 is 8.42 Å². The van der Waals surface area contributed by atoms with Gasteiger partial charge in [-0.2, -0.15) is 0 Å². The number of rotatable bonds is 4. The molecule has 1 saturated heterocycles. The molecule has 1 aromatic carbocycles. The van der Waals surface area contributed by atoms with Crippen LogP contribution in [-0.2, 0) is 9.84 Å². The van der Waals surface area contributed by atoms with Crippen LogP contribution in [0.2, 0.25) is 0 Å². The maximum absolute atomic E-state index is 11.9. The third kappa shape index (κ3) is 3.03. The highest BCUT2D eigenvalue weighted by Gasteiger charge is 2.14. The summed E-state index contributed by atoms with van der Waals surface area (Å²) >= 11 is 0. The topological polar surface area (TPSA) is 49.4 Å². The number of piperazine rings is 1. The molecular formula is C13H20N2O2S. The van der Waals surface area contributed by atoms with E-state index in [1.165, 1.54) is 0 Å². The van der Waals surface area contributed by atoms with E-state index in [0.717, 1.165) is 31.9 Å². The van der Waals surface area contributed by atoms with Crippen LogP contribution >= 0.6 is 0 Å². The quantitative estimate of drug-likeness (QED) is 0.893. The fraction of sp³-hybridized carbons (Fsp3) is 0.538. The molecule has 0 atom stereocenters. The first-order chi connectivity index (χ1) is 8.63. The Kier molecular flexibility index (Phi) is 4.24. The predicted octanol–water partition coefficient (Wildman–Crippen LogP) is 1.28. The van der Waals surface area contributed by atoms with Gasteiger partial charge in [0, 0.05) is 31.9 Å². The highest BCUT2D eigenvalue weighted by molar-refractivity contribution is 7.91. The Morgan fingerprint density at radius 2 is 1.78 bits per heavy atom. The Balaban J connectivity index is 2.14. The van der Waals surface area contributed by atoms with Gasteiger partial charge in [-0.05, 0) is 30.7 Å². The third-order valence-electron chi connectivity index (χ3n) is 3.15. The lowest BCUT2D eigenvalue weighted by molar-refractivity contribution is 0.588. The monoisotopic (exact) mass is 268 g/mol. The van der Waals surface area contributed by atoms with E-state index in [4.69, 9.17) is 0 Å². The molecule has 2 rings (SSSR count).